The molecule has 158 valence electrons. The summed E-state index contributed by atoms with van der Waals surface area (Å²) in [4.78, 5) is 18.0. The van der Waals surface area contributed by atoms with E-state index in [9.17, 15) is 13.2 Å². The highest BCUT2D eigenvalue weighted by Gasteiger charge is 2.33. The first-order valence-corrected chi connectivity index (χ1v) is 12.3. The van der Waals surface area contributed by atoms with E-state index >= 15 is 0 Å². The van der Waals surface area contributed by atoms with Crippen LogP contribution in [-0.4, -0.2) is 36.3 Å². The standard InChI is InChI=1S/C21H22ClN3O3S2/c1-14-8-10-16(11-9-14)30(27,28)25-12-4-5-15(13-25)20(26)23-21-24(2)19-17(22)6-3-7-18(19)29-21/h3,6-11,15H,4-5,12-13H2,1-2H3. The number of carbonyl (C=O) groups is 1. The van der Waals surface area contributed by atoms with Gasteiger partial charge >= 0.3 is 0 Å². The van der Waals surface area contributed by atoms with Crippen molar-refractivity contribution in [2.75, 3.05) is 13.1 Å². The lowest BCUT2D eigenvalue weighted by Crippen LogP contribution is -2.42. The zero-order valence-electron chi connectivity index (χ0n) is 16.7. The van der Waals surface area contributed by atoms with E-state index in [0.717, 1.165) is 15.8 Å². The monoisotopic (exact) mass is 463 g/mol. The minimum atomic E-state index is -3.63. The van der Waals surface area contributed by atoms with Crippen LogP contribution in [0.1, 0.15) is 18.4 Å². The molecule has 1 unspecified atom stereocenters. The van der Waals surface area contributed by atoms with Gasteiger partial charge in [-0.25, -0.2) is 8.42 Å². The summed E-state index contributed by atoms with van der Waals surface area (Å²) >= 11 is 7.68. The second kappa shape index (κ2) is 8.26. The van der Waals surface area contributed by atoms with Gasteiger partial charge in [0.25, 0.3) is 5.91 Å². The molecule has 2 heterocycles. The Morgan fingerprint density at radius 2 is 1.93 bits per heavy atom. The van der Waals surface area contributed by atoms with Gasteiger partial charge in [-0.2, -0.15) is 9.30 Å². The summed E-state index contributed by atoms with van der Waals surface area (Å²) in [6.45, 7) is 2.47. The number of fused-ring (bicyclic) bond motifs is 1. The third-order valence-corrected chi connectivity index (χ3v) is 8.65. The minimum absolute atomic E-state index is 0.147. The molecule has 0 bridgehead atoms. The number of aromatic nitrogens is 1. The van der Waals surface area contributed by atoms with E-state index in [1.807, 2.05) is 30.7 Å². The van der Waals surface area contributed by atoms with Crippen LogP contribution in [0.25, 0.3) is 10.2 Å². The quantitative estimate of drug-likeness (QED) is 0.594. The molecule has 1 fully saturated rings. The average molecular weight is 464 g/mol. The number of carbonyl (C=O) groups excluding carboxylic acids is 1. The fourth-order valence-corrected chi connectivity index (χ4v) is 6.60. The number of hydrogen-bond acceptors (Lipinski definition) is 4. The molecule has 1 saturated heterocycles. The van der Waals surface area contributed by atoms with Crippen molar-refractivity contribution in [1.29, 1.82) is 0 Å². The van der Waals surface area contributed by atoms with Crippen LogP contribution in [0, 0.1) is 12.8 Å². The second-order valence-electron chi connectivity index (χ2n) is 7.50. The first-order valence-electron chi connectivity index (χ1n) is 9.67. The fraction of sp³-hybridized carbons (Fsp3) is 0.333. The summed E-state index contributed by atoms with van der Waals surface area (Å²) in [6, 6.07) is 12.4. The molecule has 1 aromatic heterocycles. The van der Waals surface area contributed by atoms with Gasteiger partial charge in [-0.15, -0.1) is 0 Å². The minimum Gasteiger partial charge on any atom is -0.318 e. The first-order chi connectivity index (χ1) is 14.3. The summed E-state index contributed by atoms with van der Waals surface area (Å²) in [5, 5.41) is 0.605. The van der Waals surface area contributed by atoms with Gasteiger partial charge in [0.1, 0.15) is 0 Å². The molecule has 0 saturated carbocycles. The van der Waals surface area contributed by atoms with Crippen molar-refractivity contribution in [2.24, 2.45) is 18.0 Å². The zero-order chi connectivity index (χ0) is 21.5. The van der Waals surface area contributed by atoms with E-state index in [1.165, 1.54) is 15.6 Å². The molecule has 4 rings (SSSR count). The van der Waals surface area contributed by atoms with Crippen molar-refractivity contribution in [3.05, 3.63) is 57.9 Å². The Bertz CT molecular complexity index is 1280. The van der Waals surface area contributed by atoms with Crippen molar-refractivity contribution < 1.29 is 13.2 Å². The van der Waals surface area contributed by atoms with Crippen LogP contribution in [0.2, 0.25) is 5.02 Å². The molecule has 6 nitrogen and oxygen atoms in total. The van der Waals surface area contributed by atoms with E-state index in [2.05, 4.69) is 4.99 Å². The lowest BCUT2D eigenvalue weighted by molar-refractivity contribution is -0.122. The van der Waals surface area contributed by atoms with Crippen LogP contribution in [0.4, 0.5) is 0 Å². The van der Waals surface area contributed by atoms with Crippen LogP contribution in [-0.2, 0) is 21.9 Å². The van der Waals surface area contributed by atoms with Gasteiger partial charge in [0.05, 0.1) is 26.1 Å². The molecular formula is C21H22ClN3O3S2. The van der Waals surface area contributed by atoms with E-state index in [-0.39, 0.29) is 17.3 Å². The van der Waals surface area contributed by atoms with E-state index in [4.69, 9.17) is 11.6 Å². The second-order valence-corrected chi connectivity index (χ2v) is 10.8. The molecular weight excluding hydrogens is 442 g/mol. The van der Waals surface area contributed by atoms with Crippen molar-refractivity contribution in [2.45, 2.75) is 24.7 Å². The molecule has 2 aromatic carbocycles. The first kappa shape index (κ1) is 21.2. The number of thiazole rings is 1. The third-order valence-electron chi connectivity index (χ3n) is 5.37. The van der Waals surface area contributed by atoms with Crippen molar-refractivity contribution in [3.8, 4) is 0 Å². The Balaban J connectivity index is 1.60. The summed E-state index contributed by atoms with van der Waals surface area (Å²) in [7, 11) is -1.81. The van der Waals surface area contributed by atoms with Crippen LogP contribution in [0.15, 0.2) is 52.4 Å². The predicted molar refractivity (Wildman–Crippen MR) is 119 cm³/mol. The largest absolute Gasteiger partial charge is 0.318 e. The maximum absolute atomic E-state index is 13.0. The Kier molecular flexibility index (Phi) is 5.85. The Labute approximate surface area is 184 Å². The Hall–Kier alpha value is -2.00. The Morgan fingerprint density at radius 1 is 1.20 bits per heavy atom. The summed E-state index contributed by atoms with van der Waals surface area (Å²) < 4.78 is 30.2. The van der Waals surface area contributed by atoms with Crippen molar-refractivity contribution >= 4 is 49.1 Å². The van der Waals surface area contributed by atoms with E-state index in [1.54, 1.807) is 30.3 Å². The summed E-state index contributed by atoms with van der Waals surface area (Å²) in [6.07, 6.45) is 1.25. The smallest absolute Gasteiger partial charge is 0.252 e. The third kappa shape index (κ3) is 3.97. The highest BCUT2D eigenvalue weighted by Crippen LogP contribution is 2.26. The summed E-state index contributed by atoms with van der Waals surface area (Å²) in [5.74, 6) is -0.753. The SMILES string of the molecule is Cc1ccc(S(=O)(=O)N2CCCC(C(=O)N=c3sc4cccc(Cl)c4n3C)C2)cc1. The van der Waals surface area contributed by atoms with Gasteiger partial charge in [0.15, 0.2) is 4.80 Å². The topological polar surface area (TPSA) is 71.7 Å². The van der Waals surface area contributed by atoms with Crippen LogP contribution in [0.3, 0.4) is 0 Å². The molecule has 1 amide bonds. The maximum atomic E-state index is 13.0. The highest BCUT2D eigenvalue weighted by molar-refractivity contribution is 7.89. The zero-order valence-corrected chi connectivity index (χ0v) is 19.1. The molecule has 0 aliphatic carbocycles. The van der Waals surface area contributed by atoms with Crippen LogP contribution in [0.5, 0.6) is 0 Å². The lowest BCUT2D eigenvalue weighted by Gasteiger charge is -2.30. The average Bonchev–Trinajstić information content (AvgIpc) is 3.05. The maximum Gasteiger partial charge on any atom is 0.252 e. The number of para-hydroxylation sites is 1. The highest BCUT2D eigenvalue weighted by atomic mass is 35.5. The normalized spacial score (nSPS) is 18.8. The molecule has 3 aromatic rings. The van der Waals surface area contributed by atoms with Gasteiger partial charge in [-0.3, -0.25) is 4.79 Å². The number of amides is 1. The molecule has 0 radical (unpaired) electrons. The summed E-state index contributed by atoms with van der Waals surface area (Å²) in [5.41, 5.74) is 1.83. The predicted octanol–water partition coefficient (Wildman–Crippen LogP) is 3.73. The lowest BCUT2D eigenvalue weighted by atomic mass is 9.99. The number of nitrogens with zero attached hydrogens (tertiary/aromatic N) is 3. The van der Waals surface area contributed by atoms with Gasteiger partial charge in [-0.1, -0.05) is 46.7 Å². The van der Waals surface area contributed by atoms with Crippen LogP contribution < -0.4 is 4.80 Å². The molecule has 0 spiro atoms. The van der Waals surface area contributed by atoms with E-state index < -0.39 is 15.9 Å². The number of hydrogen-bond donors (Lipinski definition) is 0. The fourth-order valence-electron chi connectivity index (χ4n) is 3.67. The van der Waals surface area contributed by atoms with Crippen molar-refractivity contribution in [1.82, 2.24) is 8.87 Å². The van der Waals surface area contributed by atoms with E-state index in [0.29, 0.717) is 29.2 Å². The molecule has 1 atom stereocenters. The number of aryl methyl sites for hydroxylation is 2. The number of rotatable bonds is 3. The molecule has 1 aliphatic rings. The van der Waals surface area contributed by atoms with Crippen molar-refractivity contribution in [3.63, 3.8) is 0 Å². The van der Waals surface area contributed by atoms with Gasteiger partial charge in [0, 0.05) is 20.1 Å². The molecule has 1 aliphatic heterocycles. The number of sulfonamides is 1. The van der Waals surface area contributed by atoms with Gasteiger partial charge in [-0.05, 0) is 44.0 Å². The number of piperidine rings is 1. The van der Waals surface area contributed by atoms with Gasteiger partial charge < -0.3 is 4.57 Å². The van der Waals surface area contributed by atoms with Crippen LogP contribution >= 0.6 is 22.9 Å². The number of halogens is 1. The van der Waals surface area contributed by atoms with Gasteiger partial charge in [0.2, 0.25) is 10.0 Å². The molecule has 0 N–H and O–H groups in total. The molecule has 30 heavy (non-hydrogen) atoms. The number of benzene rings is 2. The molecule has 9 heteroatoms. The Morgan fingerprint density at radius 3 is 2.63 bits per heavy atom.